The van der Waals surface area contributed by atoms with E-state index in [0.29, 0.717) is 33.5 Å². The number of ether oxygens (including phenoxy) is 2. The van der Waals surface area contributed by atoms with Crippen LogP contribution in [0.4, 0.5) is 11.4 Å². The van der Waals surface area contributed by atoms with Gasteiger partial charge in [-0.15, -0.1) is 0 Å². The number of benzene rings is 2. The number of carbonyl (C=O) groups excluding carboxylic acids is 1. The molecule has 0 spiro atoms. The van der Waals surface area contributed by atoms with E-state index in [0.717, 1.165) is 10.6 Å². The average molecular weight is 413 g/mol. The number of carbonyl (C=O) groups is 1. The first kappa shape index (κ1) is 20.9. The lowest BCUT2D eigenvalue weighted by atomic mass is 10.2. The second kappa shape index (κ2) is 8.49. The minimum absolute atomic E-state index is 0.349. The summed E-state index contributed by atoms with van der Waals surface area (Å²) in [5, 5.41) is 3.08. The van der Waals surface area contributed by atoms with E-state index in [4.69, 9.17) is 21.1 Å². The average Bonchev–Trinajstić information content (AvgIpc) is 2.61. The maximum Gasteiger partial charge on any atom is 0.245 e. The molecule has 0 atom stereocenters. The third kappa shape index (κ3) is 5.05. The van der Waals surface area contributed by atoms with Gasteiger partial charge in [-0.2, -0.15) is 0 Å². The van der Waals surface area contributed by atoms with Crippen molar-refractivity contribution in [2.45, 2.75) is 6.92 Å². The maximum absolute atomic E-state index is 12.5. The van der Waals surface area contributed by atoms with Crippen molar-refractivity contribution in [3.05, 3.63) is 47.0 Å². The summed E-state index contributed by atoms with van der Waals surface area (Å²) in [5.41, 5.74) is 1.32. The standard InChI is InChI=1S/C18H21ClN2O5S/c1-12-14(19)6-5-7-16(12)21(27(4,23)24)11-18(22)20-15-9-8-13(25-2)10-17(15)26-3/h5-10H,11H2,1-4H3,(H,20,22). The molecule has 0 aliphatic carbocycles. The highest BCUT2D eigenvalue weighted by molar-refractivity contribution is 7.92. The van der Waals surface area contributed by atoms with Crippen molar-refractivity contribution >= 4 is 38.9 Å². The van der Waals surface area contributed by atoms with Gasteiger partial charge in [-0.05, 0) is 36.8 Å². The first-order valence-corrected chi connectivity index (χ1v) is 10.1. The number of anilines is 2. The molecule has 0 aromatic heterocycles. The third-order valence-corrected chi connectivity index (χ3v) is 5.41. The van der Waals surface area contributed by atoms with Crippen LogP contribution >= 0.6 is 11.6 Å². The van der Waals surface area contributed by atoms with Crippen LogP contribution in [0, 0.1) is 6.92 Å². The van der Waals surface area contributed by atoms with E-state index in [-0.39, 0.29) is 0 Å². The number of halogens is 1. The topological polar surface area (TPSA) is 84.9 Å². The highest BCUT2D eigenvalue weighted by Gasteiger charge is 2.23. The van der Waals surface area contributed by atoms with Gasteiger partial charge in [0.2, 0.25) is 15.9 Å². The lowest BCUT2D eigenvalue weighted by molar-refractivity contribution is -0.114. The summed E-state index contributed by atoms with van der Waals surface area (Å²) >= 11 is 6.09. The highest BCUT2D eigenvalue weighted by Crippen LogP contribution is 2.30. The molecule has 2 aromatic carbocycles. The Morgan fingerprint density at radius 2 is 1.89 bits per heavy atom. The monoisotopic (exact) mass is 412 g/mol. The number of hydrogen-bond donors (Lipinski definition) is 1. The van der Waals surface area contributed by atoms with E-state index in [1.165, 1.54) is 14.2 Å². The van der Waals surface area contributed by atoms with Gasteiger partial charge in [0.15, 0.2) is 0 Å². The molecule has 2 aromatic rings. The number of sulfonamides is 1. The quantitative estimate of drug-likeness (QED) is 0.755. The molecule has 2 rings (SSSR count). The molecule has 1 amide bonds. The maximum atomic E-state index is 12.5. The van der Waals surface area contributed by atoms with Crippen molar-refractivity contribution in [1.29, 1.82) is 0 Å². The Morgan fingerprint density at radius 1 is 1.19 bits per heavy atom. The summed E-state index contributed by atoms with van der Waals surface area (Å²) in [6, 6.07) is 9.78. The van der Waals surface area contributed by atoms with Gasteiger partial charge in [0, 0.05) is 11.1 Å². The van der Waals surface area contributed by atoms with Gasteiger partial charge in [-0.3, -0.25) is 9.10 Å². The molecular weight excluding hydrogens is 392 g/mol. The predicted octanol–water partition coefficient (Wildman–Crippen LogP) is 3.07. The molecule has 0 heterocycles. The Bertz CT molecular complexity index is 947. The molecule has 0 bridgehead atoms. The number of rotatable bonds is 7. The van der Waals surface area contributed by atoms with Gasteiger partial charge in [0.1, 0.15) is 18.0 Å². The lowest BCUT2D eigenvalue weighted by Gasteiger charge is -2.24. The molecule has 27 heavy (non-hydrogen) atoms. The van der Waals surface area contributed by atoms with Gasteiger partial charge in [-0.1, -0.05) is 17.7 Å². The SMILES string of the molecule is COc1ccc(NC(=O)CN(c2cccc(Cl)c2C)S(C)(=O)=O)c(OC)c1. The summed E-state index contributed by atoms with van der Waals surface area (Å²) < 4.78 is 35.9. The van der Waals surface area contributed by atoms with Crippen molar-refractivity contribution in [3.8, 4) is 11.5 Å². The van der Waals surface area contributed by atoms with Crippen LogP contribution in [0.5, 0.6) is 11.5 Å². The van der Waals surface area contributed by atoms with Gasteiger partial charge in [0.25, 0.3) is 0 Å². The first-order valence-electron chi connectivity index (χ1n) is 7.92. The number of amides is 1. The van der Waals surface area contributed by atoms with Gasteiger partial charge in [0.05, 0.1) is 31.9 Å². The normalized spacial score (nSPS) is 11.0. The lowest BCUT2D eigenvalue weighted by Crippen LogP contribution is -2.38. The van der Waals surface area contributed by atoms with Crippen molar-refractivity contribution in [1.82, 2.24) is 0 Å². The molecule has 0 aliphatic rings. The smallest absolute Gasteiger partial charge is 0.245 e. The fourth-order valence-electron chi connectivity index (χ4n) is 2.47. The Balaban J connectivity index is 2.29. The molecule has 0 saturated carbocycles. The Morgan fingerprint density at radius 3 is 2.48 bits per heavy atom. The second-order valence-corrected chi connectivity index (χ2v) is 8.08. The molecule has 0 saturated heterocycles. The van der Waals surface area contributed by atoms with Crippen LogP contribution in [-0.2, 0) is 14.8 Å². The molecule has 1 N–H and O–H groups in total. The van der Waals surface area contributed by atoms with Crippen molar-refractivity contribution in [2.24, 2.45) is 0 Å². The van der Waals surface area contributed by atoms with Crippen molar-refractivity contribution in [2.75, 3.05) is 36.6 Å². The number of hydrogen-bond acceptors (Lipinski definition) is 5. The molecule has 0 unspecified atom stereocenters. The largest absolute Gasteiger partial charge is 0.497 e. The van der Waals surface area contributed by atoms with E-state index in [1.807, 2.05) is 0 Å². The molecule has 0 fully saturated rings. The van der Waals surface area contributed by atoms with E-state index in [1.54, 1.807) is 43.3 Å². The van der Waals surface area contributed by atoms with Crippen LogP contribution in [0.1, 0.15) is 5.56 Å². The number of nitrogens with zero attached hydrogens (tertiary/aromatic N) is 1. The summed E-state index contributed by atoms with van der Waals surface area (Å²) in [6.45, 7) is 1.29. The minimum atomic E-state index is -3.71. The fraction of sp³-hybridized carbons (Fsp3) is 0.278. The molecule has 0 aliphatic heterocycles. The van der Waals surface area contributed by atoms with Gasteiger partial charge < -0.3 is 14.8 Å². The van der Waals surface area contributed by atoms with E-state index >= 15 is 0 Å². The predicted molar refractivity (Wildman–Crippen MR) is 107 cm³/mol. The van der Waals surface area contributed by atoms with Crippen LogP contribution in [0.15, 0.2) is 36.4 Å². The Labute approximate surface area is 163 Å². The Kier molecular flexibility index (Phi) is 6.56. The third-order valence-electron chi connectivity index (χ3n) is 3.88. The zero-order valence-electron chi connectivity index (χ0n) is 15.4. The number of nitrogens with one attached hydrogen (secondary N) is 1. The minimum Gasteiger partial charge on any atom is -0.497 e. The van der Waals surface area contributed by atoms with Gasteiger partial charge in [-0.25, -0.2) is 8.42 Å². The summed E-state index contributed by atoms with van der Waals surface area (Å²) in [4.78, 5) is 12.5. The first-order chi connectivity index (χ1) is 12.7. The molecule has 0 radical (unpaired) electrons. The Hall–Kier alpha value is -2.45. The van der Waals surface area contributed by atoms with E-state index in [2.05, 4.69) is 5.32 Å². The van der Waals surface area contributed by atoms with Crippen LogP contribution < -0.4 is 19.1 Å². The summed E-state index contributed by atoms with van der Waals surface area (Å²) in [7, 11) is -0.729. The highest BCUT2D eigenvalue weighted by atomic mass is 35.5. The molecule has 7 nitrogen and oxygen atoms in total. The van der Waals surface area contributed by atoms with Crippen molar-refractivity contribution in [3.63, 3.8) is 0 Å². The summed E-state index contributed by atoms with van der Waals surface area (Å²) in [5.74, 6) is 0.438. The number of methoxy groups -OCH3 is 2. The summed E-state index contributed by atoms with van der Waals surface area (Å²) in [6.07, 6.45) is 1.04. The van der Waals surface area contributed by atoms with Crippen LogP contribution in [0.25, 0.3) is 0 Å². The van der Waals surface area contributed by atoms with E-state index in [9.17, 15) is 13.2 Å². The van der Waals surface area contributed by atoms with Crippen LogP contribution in [-0.4, -0.2) is 41.3 Å². The zero-order chi connectivity index (χ0) is 20.2. The van der Waals surface area contributed by atoms with Crippen LogP contribution in [0.3, 0.4) is 0 Å². The van der Waals surface area contributed by atoms with Crippen LogP contribution in [0.2, 0.25) is 5.02 Å². The second-order valence-electron chi connectivity index (χ2n) is 5.77. The van der Waals surface area contributed by atoms with E-state index < -0.39 is 22.5 Å². The van der Waals surface area contributed by atoms with Gasteiger partial charge >= 0.3 is 0 Å². The molecule has 9 heteroatoms. The zero-order valence-corrected chi connectivity index (χ0v) is 17.0. The fourth-order valence-corrected chi connectivity index (χ4v) is 3.55. The molecule has 146 valence electrons. The van der Waals surface area contributed by atoms with Crippen molar-refractivity contribution < 1.29 is 22.7 Å². The molecular formula is C18H21ClN2O5S.